The van der Waals surface area contributed by atoms with Crippen LogP contribution in [0.2, 0.25) is 0 Å². The lowest BCUT2D eigenvalue weighted by Gasteiger charge is -2.31. The number of nitrogens with one attached hydrogen (secondary N) is 1. The Morgan fingerprint density at radius 1 is 1.00 bits per heavy atom. The maximum atomic E-state index is 12.7. The number of aryl methyl sites for hydroxylation is 1. The molecular weight excluding hydrogens is 390 g/mol. The number of hydrogen-bond donors (Lipinski definition) is 1. The van der Waals surface area contributed by atoms with Gasteiger partial charge in [-0.1, -0.05) is 19.1 Å². The lowest BCUT2D eigenvalue weighted by atomic mass is 10.2. The molecule has 0 spiro atoms. The van der Waals surface area contributed by atoms with Gasteiger partial charge in [-0.3, -0.25) is 4.79 Å². The van der Waals surface area contributed by atoms with Gasteiger partial charge in [0.25, 0.3) is 5.91 Å². The summed E-state index contributed by atoms with van der Waals surface area (Å²) in [6.45, 7) is 4.35. The van der Waals surface area contributed by atoms with E-state index in [0.717, 1.165) is 6.42 Å². The maximum Gasteiger partial charge on any atom is 0.262 e. The zero-order valence-electron chi connectivity index (χ0n) is 16.8. The number of carbonyl (C=O) groups is 1. The molecule has 2 aromatic rings. The molecule has 0 unspecified atom stereocenters. The number of anilines is 1. The van der Waals surface area contributed by atoms with Crippen molar-refractivity contribution in [1.82, 2.24) is 9.21 Å². The fraction of sp³-hybridized carbons (Fsp3) is 0.381. The van der Waals surface area contributed by atoms with Crippen molar-refractivity contribution < 1.29 is 17.9 Å². The summed E-state index contributed by atoms with van der Waals surface area (Å²) >= 11 is 0. The van der Waals surface area contributed by atoms with E-state index in [1.807, 2.05) is 31.3 Å². The number of hydrogen-bond acceptors (Lipinski definition) is 5. The number of amides is 1. The van der Waals surface area contributed by atoms with E-state index in [4.69, 9.17) is 4.74 Å². The molecule has 1 amide bonds. The van der Waals surface area contributed by atoms with Gasteiger partial charge >= 0.3 is 0 Å². The molecular formula is C21H27N3O4S. The Labute approximate surface area is 172 Å². The monoisotopic (exact) mass is 417 g/mol. The second kappa shape index (κ2) is 9.39. The van der Waals surface area contributed by atoms with Crippen LogP contribution in [0.25, 0.3) is 0 Å². The number of benzene rings is 2. The average Bonchev–Trinajstić information content (AvgIpc) is 2.73. The fourth-order valence-electron chi connectivity index (χ4n) is 3.06. The Bertz CT molecular complexity index is 919. The van der Waals surface area contributed by atoms with Gasteiger partial charge in [0, 0.05) is 31.9 Å². The van der Waals surface area contributed by atoms with Crippen molar-refractivity contribution in [2.75, 3.05) is 45.2 Å². The van der Waals surface area contributed by atoms with Gasteiger partial charge in [0.15, 0.2) is 6.61 Å². The summed E-state index contributed by atoms with van der Waals surface area (Å²) in [6, 6.07) is 13.8. The molecule has 0 aliphatic carbocycles. The molecule has 0 atom stereocenters. The smallest absolute Gasteiger partial charge is 0.262 e. The fourth-order valence-corrected chi connectivity index (χ4v) is 4.48. The third-order valence-electron chi connectivity index (χ3n) is 4.94. The van der Waals surface area contributed by atoms with Crippen LogP contribution in [0.5, 0.6) is 5.75 Å². The lowest BCUT2D eigenvalue weighted by molar-refractivity contribution is -0.118. The molecule has 3 rings (SSSR count). The predicted molar refractivity (Wildman–Crippen MR) is 113 cm³/mol. The van der Waals surface area contributed by atoms with Gasteiger partial charge in [-0.2, -0.15) is 4.31 Å². The van der Waals surface area contributed by atoms with Crippen LogP contribution < -0.4 is 10.1 Å². The third kappa shape index (κ3) is 5.56. The molecule has 1 N–H and O–H groups in total. The summed E-state index contributed by atoms with van der Waals surface area (Å²) < 4.78 is 32.5. The van der Waals surface area contributed by atoms with Crippen LogP contribution in [0.3, 0.4) is 0 Å². The maximum absolute atomic E-state index is 12.7. The highest BCUT2D eigenvalue weighted by molar-refractivity contribution is 7.89. The standard InChI is InChI=1S/C21H27N3O4S/c1-3-17-4-8-19(9-5-17)28-16-21(25)22-18-6-10-20(11-7-18)29(26,27)24-14-12-23(2)13-15-24/h4-11H,3,12-16H2,1-2H3,(H,22,25). The van der Waals surface area contributed by atoms with E-state index in [-0.39, 0.29) is 17.4 Å². The number of sulfonamides is 1. The zero-order valence-corrected chi connectivity index (χ0v) is 17.6. The van der Waals surface area contributed by atoms with Crippen molar-refractivity contribution in [3.63, 3.8) is 0 Å². The van der Waals surface area contributed by atoms with Gasteiger partial charge in [0.1, 0.15) is 5.75 Å². The van der Waals surface area contributed by atoms with Crippen molar-refractivity contribution in [2.45, 2.75) is 18.2 Å². The molecule has 0 bridgehead atoms. The molecule has 0 aromatic heterocycles. The molecule has 1 saturated heterocycles. The van der Waals surface area contributed by atoms with E-state index in [2.05, 4.69) is 17.1 Å². The minimum atomic E-state index is -3.51. The van der Waals surface area contributed by atoms with Gasteiger partial charge in [0.05, 0.1) is 4.90 Å². The summed E-state index contributed by atoms with van der Waals surface area (Å²) in [4.78, 5) is 14.4. The molecule has 1 aliphatic heterocycles. The largest absolute Gasteiger partial charge is 0.484 e. The normalized spacial score (nSPS) is 15.8. The lowest BCUT2D eigenvalue weighted by Crippen LogP contribution is -2.46. The van der Waals surface area contributed by atoms with Crippen LogP contribution in [0, 0.1) is 0 Å². The average molecular weight is 418 g/mol. The zero-order chi connectivity index (χ0) is 20.9. The summed E-state index contributed by atoms with van der Waals surface area (Å²) in [7, 11) is -1.54. The number of nitrogens with zero attached hydrogens (tertiary/aromatic N) is 2. The van der Waals surface area contributed by atoms with E-state index in [9.17, 15) is 13.2 Å². The molecule has 7 nitrogen and oxygen atoms in total. The number of ether oxygens (including phenoxy) is 1. The van der Waals surface area contributed by atoms with Gasteiger partial charge in [-0.25, -0.2) is 8.42 Å². The van der Waals surface area contributed by atoms with Crippen molar-refractivity contribution in [3.8, 4) is 5.75 Å². The molecule has 1 fully saturated rings. The van der Waals surface area contributed by atoms with Gasteiger partial charge in [0.2, 0.25) is 10.0 Å². The molecule has 0 saturated carbocycles. The minimum absolute atomic E-state index is 0.118. The Kier molecular flexibility index (Phi) is 6.89. The molecule has 1 heterocycles. The first-order valence-electron chi connectivity index (χ1n) is 9.69. The highest BCUT2D eigenvalue weighted by Gasteiger charge is 2.27. The van der Waals surface area contributed by atoms with Gasteiger partial charge < -0.3 is 15.0 Å². The molecule has 0 radical (unpaired) electrons. The highest BCUT2D eigenvalue weighted by Crippen LogP contribution is 2.20. The highest BCUT2D eigenvalue weighted by atomic mass is 32.2. The van der Waals surface area contributed by atoms with E-state index in [1.165, 1.54) is 22.0 Å². The summed E-state index contributed by atoms with van der Waals surface area (Å²) in [6.07, 6.45) is 0.946. The Hall–Kier alpha value is -2.42. The van der Waals surface area contributed by atoms with E-state index in [0.29, 0.717) is 37.6 Å². The van der Waals surface area contributed by atoms with Crippen LogP contribution in [-0.4, -0.2) is 63.4 Å². The van der Waals surface area contributed by atoms with E-state index in [1.54, 1.807) is 12.1 Å². The van der Waals surface area contributed by atoms with Crippen molar-refractivity contribution >= 4 is 21.6 Å². The van der Waals surface area contributed by atoms with Crippen LogP contribution in [0.1, 0.15) is 12.5 Å². The number of likely N-dealkylation sites (N-methyl/N-ethyl adjacent to an activating group) is 1. The third-order valence-corrected chi connectivity index (χ3v) is 6.85. The Morgan fingerprint density at radius 2 is 1.62 bits per heavy atom. The van der Waals surface area contributed by atoms with Crippen molar-refractivity contribution in [3.05, 3.63) is 54.1 Å². The van der Waals surface area contributed by atoms with E-state index >= 15 is 0 Å². The quantitative estimate of drug-likeness (QED) is 0.747. The molecule has 29 heavy (non-hydrogen) atoms. The van der Waals surface area contributed by atoms with Crippen molar-refractivity contribution in [2.24, 2.45) is 0 Å². The predicted octanol–water partition coefficient (Wildman–Crippen LogP) is 2.20. The molecule has 8 heteroatoms. The van der Waals surface area contributed by atoms with Crippen LogP contribution in [0.4, 0.5) is 5.69 Å². The second-order valence-corrected chi connectivity index (χ2v) is 9.00. The summed E-state index contributed by atoms with van der Waals surface area (Å²) in [5, 5.41) is 2.72. The molecule has 156 valence electrons. The first-order chi connectivity index (χ1) is 13.9. The topological polar surface area (TPSA) is 78.9 Å². The van der Waals surface area contributed by atoms with Crippen LogP contribution in [-0.2, 0) is 21.2 Å². The first-order valence-corrected chi connectivity index (χ1v) is 11.1. The summed E-state index contributed by atoms with van der Waals surface area (Å²) in [5.41, 5.74) is 1.73. The van der Waals surface area contributed by atoms with Crippen molar-refractivity contribution in [1.29, 1.82) is 0 Å². The first kappa shape index (κ1) is 21.3. The molecule has 1 aliphatic rings. The van der Waals surface area contributed by atoms with Gasteiger partial charge in [-0.05, 0) is 55.4 Å². The SMILES string of the molecule is CCc1ccc(OCC(=O)Nc2ccc(S(=O)(=O)N3CCN(C)CC3)cc2)cc1. The summed E-state index contributed by atoms with van der Waals surface area (Å²) in [5.74, 6) is 0.324. The molecule has 2 aromatic carbocycles. The number of carbonyl (C=O) groups excluding carboxylic acids is 1. The minimum Gasteiger partial charge on any atom is -0.484 e. The van der Waals surface area contributed by atoms with Crippen LogP contribution in [0.15, 0.2) is 53.4 Å². The van der Waals surface area contributed by atoms with Crippen LogP contribution >= 0.6 is 0 Å². The Balaban J connectivity index is 1.54. The Morgan fingerprint density at radius 3 is 2.21 bits per heavy atom. The van der Waals surface area contributed by atoms with E-state index < -0.39 is 10.0 Å². The number of rotatable bonds is 7. The number of piperazine rings is 1. The van der Waals surface area contributed by atoms with Gasteiger partial charge in [-0.15, -0.1) is 0 Å². The second-order valence-electron chi connectivity index (χ2n) is 7.07.